The highest BCUT2D eigenvalue weighted by Gasteiger charge is 2.36. The summed E-state index contributed by atoms with van der Waals surface area (Å²) >= 11 is 0.815. The number of imide groups is 1. The molecule has 1 aromatic heterocycles. The van der Waals surface area contributed by atoms with Crippen molar-refractivity contribution >= 4 is 35.0 Å². The minimum absolute atomic E-state index is 0.00105. The van der Waals surface area contributed by atoms with E-state index in [2.05, 4.69) is 4.74 Å². The quantitative estimate of drug-likeness (QED) is 0.535. The van der Waals surface area contributed by atoms with Crippen molar-refractivity contribution in [3.8, 4) is 11.5 Å². The lowest BCUT2D eigenvalue weighted by Crippen LogP contribution is -2.27. The smallest absolute Gasteiger partial charge is 0.373 e. The second-order valence-electron chi connectivity index (χ2n) is 5.61. The molecular weight excluding hydrogens is 386 g/mol. The number of nitrogens with zero attached hydrogens (tertiary/aromatic N) is 1. The van der Waals surface area contributed by atoms with Crippen molar-refractivity contribution in [3.05, 3.63) is 52.3 Å². The van der Waals surface area contributed by atoms with Gasteiger partial charge >= 0.3 is 5.97 Å². The fraction of sp³-hybridized carbons (Fsp3) is 0.211. The normalized spacial score (nSPS) is 15.2. The highest BCUT2D eigenvalue weighted by Crippen LogP contribution is 2.37. The lowest BCUT2D eigenvalue weighted by atomic mass is 10.1. The first-order chi connectivity index (χ1) is 13.5. The van der Waals surface area contributed by atoms with Crippen molar-refractivity contribution in [1.82, 2.24) is 4.90 Å². The first kappa shape index (κ1) is 19.6. The Bertz CT molecular complexity index is 963. The summed E-state index contributed by atoms with van der Waals surface area (Å²) in [5, 5.41) is -0.436. The number of benzene rings is 1. The van der Waals surface area contributed by atoms with Crippen molar-refractivity contribution in [1.29, 1.82) is 0 Å². The van der Waals surface area contributed by atoms with Gasteiger partial charge in [-0.15, -0.1) is 0 Å². The molecule has 2 amide bonds. The molecule has 8 nitrogen and oxygen atoms in total. The van der Waals surface area contributed by atoms with Gasteiger partial charge in [0.1, 0.15) is 5.76 Å². The molecule has 0 radical (unpaired) electrons. The Labute approximate surface area is 165 Å². The van der Waals surface area contributed by atoms with E-state index in [0.717, 1.165) is 16.7 Å². The monoisotopic (exact) mass is 403 g/mol. The van der Waals surface area contributed by atoms with Gasteiger partial charge in [-0.1, -0.05) is 12.1 Å². The summed E-state index contributed by atoms with van der Waals surface area (Å²) < 4.78 is 20.5. The number of furan rings is 1. The fourth-order valence-corrected chi connectivity index (χ4v) is 3.46. The molecule has 0 aliphatic carbocycles. The summed E-state index contributed by atoms with van der Waals surface area (Å²) in [6, 6.07) is 8.19. The van der Waals surface area contributed by atoms with E-state index in [4.69, 9.17) is 13.9 Å². The van der Waals surface area contributed by atoms with Gasteiger partial charge in [-0.25, -0.2) is 4.79 Å². The van der Waals surface area contributed by atoms with Crippen LogP contribution in [0.2, 0.25) is 0 Å². The van der Waals surface area contributed by atoms with Gasteiger partial charge in [0, 0.05) is 5.56 Å². The number of hydrogen-bond donors (Lipinski definition) is 0. The van der Waals surface area contributed by atoms with Crippen LogP contribution in [0.4, 0.5) is 4.79 Å². The zero-order valence-corrected chi connectivity index (χ0v) is 16.2. The van der Waals surface area contributed by atoms with Gasteiger partial charge in [0.25, 0.3) is 11.1 Å². The third kappa shape index (κ3) is 3.74. The zero-order chi connectivity index (χ0) is 20.3. The van der Waals surface area contributed by atoms with E-state index in [1.165, 1.54) is 33.5 Å². The van der Waals surface area contributed by atoms with E-state index in [9.17, 15) is 14.4 Å². The first-order valence-corrected chi connectivity index (χ1v) is 8.93. The Morgan fingerprint density at radius 3 is 2.61 bits per heavy atom. The molecule has 0 spiro atoms. The minimum atomic E-state index is -0.634. The van der Waals surface area contributed by atoms with Crippen LogP contribution in [0.5, 0.6) is 11.5 Å². The van der Waals surface area contributed by atoms with E-state index >= 15 is 0 Å². The molecule has 0 N–H and O–H groups in total. The molecule has 1 aliphatic heterocycles. The average molecular weight is 403 g/mol. The molecular formula is C19H17NO7S. The molecule has 1 aromatic carbocycles. The van der Waals surface area contributed by atoms with E-state index in [1.54, 1.807) is 24.3 Å². The molecule has 0 unspecified atom stereocenters. The lowest BCUT2D eigenvalue weighted by molar-refractivity contribution is -0.123. The van der Waals surface area contributed by atoms with Crippen molar-refractivity contribution in [2.45, 2.75) is 6.54 Å². The molecule has 2 heterocycles. The lowest BCUT2D eigenvalue weighted by Gasteiger charge is -2.11. The van der Waals surface area contributed by atoms with Gasteiger partial charge in [0.2, 0.25) is 5.76 Å². The maximum absolute atomic E-state index is 12.7. The number of methoxy groups -OCH3 is 3. The van der Waals surface area contributed by atoms with Gasteiger partial charge in [-0.2, -0.15) is 0 Å². The fourth-order valence-electron chi connectivity index (χ4n) is 2.63. The summed E-state index contributed by atoms with van der Waals surface area (Å²) in [6.07, 6.45) is 1.58. The molecule has 0 saturated carbocycles. The summed E-state index contributed by atoms with van der Waals surface area (Å²) in [7, 11) is 4.25. The van der Waals surface area contributed by atoms with Gasteiger partial charge in [0.15, 0.2) is 11.5 Å². The second kappa shape index (κ2) is 8.22. The minimum Gasteiger partial charge on any atom is -0.493 e. The van der Waals surface area contributed by atoms with Crippen LogP contribution in [0.15, 0.2) is 39.7 Å². The van der Waals surface area contributed by atoms with Gasteiger partial charge in [-0.05, 0) is 36.0 Å². The van der Waals surface area contributed by atoms with Crippen LogP contribution in [0.1, 0.15) is 21.9 Å². The summed E-state index contributed by atoms with van der Waals surface area (Å²) in [5.74, 6) is 0.178. The number of rotatable bonds is 6. The molecule has 0 bridgehead atoms. The van der Waals surface area contributed by atoms with Crippen molar-refractivity contribution < 1.29 is 33.0 Å². The van der Waals surface area contributed by atoms with Gasteiger partial charge in [0.05, 0.1) is 32.8 Å². The van der Waals surface area contributed by atoms with E-state index in [0.29, 0.717) is 22.8 Å². The molecule has 3 rings (SSSR count). The molecule has 1 fully saturated rings. The first-order valence-electron chi connectivity index (χ1n) is 8.12. The number of thioether (sulfide) groups is 1. The molecule has 2 aromatic rings. The Morgan fingerprint density at radius 1 is 1.14 bits per heavy atom. The Kier molecular flexibility index (Phi) is 5.74. The summed E-state index contributed by atoms with van der Waals surface area (Å²) in [6.45, 7) is -0.0890. The number of amides is 2. The Hall–Kier alpha value is -3.20. The third-order valence-corrected chi connectivity index (χ3v) is 4.86. The number of para-hydroxylation sites is 1. The van der Waals surface area contributed by atoms with Crippen LogP contribution in [0.25, 0.3) is 6.08 Å². The largest absolute Gasteiger partial charge is 0.493 e. The SMILES string of the molecule is COC(=O)c1ccc(CN2C(=O)SC(=Cc3cccc(OC)c3OC)C2=O)o1. The molecule has 146 valence electrons. The van der Waals surface area contributed by atoms with E-state index in [-0.39, 0.29) is 17.2 Å². The third-order valence-electron chi connectivity index (χ3n) is 3.96. The summed E-state index contributed by atoms with van der Waals surface area (Å²) in [4.78, 5) is 37.7. The van der Waals surface area contributed by atoms with Crippen LogP contribution in [0, 0.1) is 0 Å². The number of carbonyl (C=O) groups is 3. The maximum atomic E-state index is 12.7. The maximum Gasteiger partial charge on any atom is 0.373 e. The average Bonchev–Trinajstić information content (AvgIpc) is 3.27. The molecule has 28 heavy (non-hydrogen) atoms. The second-order valence-corrected chi connectivity index (χ2v) is 6.60. The number of ether oxygens (including phenoxy) is 3. The Morgan fingerprint density at radius 2 is 1.93 bits per heavy atom. The van der Waals surface area contributed by atoms with Crippen LogP contribution in [-0.2, 0) is 16.1 Å². The highest BCUT2D eigenvalue weighted by atomic mass is 32.2. The van der Waals surface area contributed by atoms with Gasteiger partial charge in [-0.3, -0.25) is 14.5 Å². The number of esters is 1. The van der Waals surface area contributed by atoms with E-state index in [1.807, 2.05) is 0 Å². The van der Waals surface area contributed by atoms with Crippen LogP contribution < -0.4 is 9.47 Å². The van der Waals surface area contributed by atoms with Crippen molar-refractivity contribution in [3.63, 3.8) is 0 Å². The standard InChI is InChI=1S/C19H17NO7S/c1-24-13-6-4-5-11(16(13)25-2)9-15-17(21)20(19(23)28-15)10-12-7-8-14(27-12)18(22)26-3/h4-9H,10H2,1-3H3. The van der Waals surface area contributed by atoms with Gasteiger partial charge < -0.3 is 18.6 Å². The van der Waals surface area contributed by atoms with Crippen LogP contribution in [-0.4, -0.2) is 43.3 Å². The predicted octanol–water partition coefficient (Wildman–Crippen LogP) is 3.32. The van der Waals surface area contributed by atoms with E-state index < -0.39 is 17.1 Å². The molecule has 1 saturated heterocycles. The molecule has 9 heteroatoms. The summed E-state index contributed by atoms with van der Waals surface area (Å²) in [5.41, 5.74) is 0.610. The molecule has 1 aliphatic rings. The van der Waals surface area contributed by atoms with Crippen LogP contribution >= 0.6 is 11.8 Å². The van der Waals surface area contributed by atoms with Crippen molar-refractivity contribution in [2.24, 2.45) is 0 Å². The predicted molar refractivity (Wildman–Crippen MR) is 101 cm³/mol. The number of hydrogen-bond acceptors (Lipinski definition) is 8. The zero-order valence-electron chi connectivity index (χ0n) is 15.4. The number of carbonyl (C=O) groups excluding carboxylic acids is 3. The molecule has 0 atom stereocenters. The van der Waals surface area contributed by atoms with Crippen molar-refractivity contribution in [2.75, 3.05) is 21.3 Å². The topological polar surface area (TPSA) is 95.3 Å². The Balaban J connectivity index is 1.83. The van der Waals surface area contributed by atoms with Crippen LogP contribution in [0.3, 0.4) is 0 Å². The highest BCUT2D eigenvalue weighted by molar-refractivity contribution is 8.18.